The normalized spacial score (nSPS) is 11.4. The predicted molar refractivity (Wildman–Crippen MR) is 41.0 cm³/mol. The summed E-state index contributed by atoms with van der Waals surface area (Å²) in [5.74, 6) is -0.133. The van der Waals surface area contributed by atoms with Gasteiger partial charge >= 0.3 is 5.95 Å². The summed E-state index contributed by atoms with van der Waals surface area (Å²) in [5.41, 5.74) is 3.37. The van der Waals surface area contributed by atoms with Crippen molar-refractivity contribution in [1.82, 2.24) is 20.4 Å². The first-order valence-corrected chi connectivity index (χ1v) is 3.82. The molecule has 0 saturated heterocycles. The molecular formula is C5H8ClN5O2+. The van der Waals surface area contributed by atoms with E-state index in [0.717, 1.165) is 6.33 Å². The second kappa shape index (κ2) is 3.79. The lowest BCUT2D eigenvalue weighted by atomic mass is 10.8. The molecule has 0 aliphatic heterocycles. The van der Waals surface area contributed by atoms with Crippen LogP contribution in [-0.4, -0.2) is 36.8 Å². The maximum atomic E-state index is 9.05. The van der Waals surface area contributed by atoms with Crippen LogP contribution >= 0.6 is 11.6 Å². The van der Waals surface area contributed by atoms with Crippen molar-refractivity contribution in [1.29, 1.82) is 0 Å². The molecule has 1 rings (SSSR count). The summed E-state index contributed by atoms with van der Waals surface area (Å²) in [7, 11) is 0. The minimum absolute atomic E-state index is 0.0245. The highest BCUT2D eigenvalue weighted by molar-refractivity contribution is 6.28. The Morgan fingerprint density at radius 3 is 2.77 bits per heavy atom. The smallest absolute Gasteiger partial charge is 0.206 e. The lowest BCUT2D eigenvalue weighted by Gasteiger charge is -2.13. The van der Waals surface area contributed by atoms with E-state index in [0.29, 0.717) is 0 Å². The van der Waals surface area contributed by atoms with E-state index in [4.69, 9.17) is 22.0 Å². The van der Waals surface area contributed by atoms with E-state index in [1.54, 1.807) is 0 Å². The van der Waals surface area contributed by atoms with Crippen LogP contribution in [0.25, 0.3) is 0 Å². The molecule has 8 heteroatoms. The summed E-state index contributed by atoms with van der Waals surface area (Å²) in [6.45, 7) is 1.51. The number of hydrogen-bond acceptors (Lipinski definition) is 5. The van der Waals surface area contributed by atoms with Gasteiger partial charge in [-0.05, 0) is 18.5 Å². The number of hydrogen-bond donors (Lipinski definition) is 2. The first-order valence-electron chi connectivity index (χ1n) is 3.45. The zero-order valence-corrected chi connectivity index (χ0v) is 7.55. The van der Waals surface area contributed by atoms with E-state index in [-0.39, 0.29) is 17.8 Å². The molecule has 0 saturated carbocycles. The molecule has 1 aromatic rings. The molecule has 0 bridgehead atoms. The van der Waals surface area contributed by atoms with Crippen molar-refractivity contribution in [2.75, 3.05) is 6.54 Å². The summed E-state index contributed by atoms with van der Waals surface area (Å²) < 4.78 is 0. The van der Waals surface area contributed by atoms with Crippen LogP contribution in [-0.2, 0) is 0 Å². The van der Waals surface area contributed by atoms with E-state index >= 15 is 0 Å². The first kappa shape index (κ1) is 10.1. The predicted octanol–water partition coefficient (Wildman–Crippen LogP) is 0.291. The molecule has 1 aromatic heterocycles. The van der Waals surface area contributed by atoms with E-state index in [1.165, 1.54) is 6.92 Å². The maximum absolute atomic E-state index is 9.05. The maximum Gasteiger partial charge on any atom is 0.314 e. The number of hydroxylamine groups is 2. The van der Waals surface area contributed by atoms with Gasteiger partial charge in [-0.3, -0.25) is 0 Å². The lowest BCUT2D eigenvalue weighted by molar-refractivity contribution is -1.27. The summed E-state index contributed by atoms with van der Waals surface area (Å²) in [4.78, 5) is 9.09. The molecule has 0 atom stereocenters. The molecule has 71 valence electrons. The van der Waals surface area contributed by atoms with Gasteiger partial charge in [-0.15, -0.1) is 0 Å². The van der Waals surface area contributed by atoms with Gasteiger partial charge in [0.1, 0.15) is 6.33 Å². The molecule has 0 spiro atoms. The van der Waals surface area contributed by atoms with Crippen LogP contribution in [0.15, 0.2) is 6.33 Å². The molecular weight excluding hydrogens is 198 g/mol. The Morgan fingerprint density at radius 1 is 1.54 bits per heavy atom. The molecule has 0 unspecified atom stereocenters. The molecule has 2 N–H and O–H groups in total. The number of quaternary nitrogens is 1. The third-order valence-electron chi connectivity index (χ3n) is 1.20. The third kappa shape index (κ3) is 3.07. The van der Waals surface area contributed by atoms with E-state index in [2.05, 4.69) is 20.4 Å². The van der Waals surface area contributed by atoms with E-state index in [9.17, 15) is 0 Å². The summed E-state index contributed by atoms with van der Waals surface area (Å²) >= 11 is 5.42. The number of rotatable bonds is 3. The van der Waals surface area contributed by atoms with Crippen molar-refractivity contribution in [2.45, 2.75) is 6.92 Å². The van der Waals surface area contributed by atoms with E-state index in [1.807, 2.05) is 0 Å². The average Bonchev–Trinajstić information content (AvgIpc) is 2.03. The molecule has 13 heavy (non-hydrogen) atoms. The molecule has 7 nitrogen and oxygen atoms in total. The summed E-state index contributed by atoms with van der Waals surface area (Å²) in [6, 6.07) is 0. The van der Waals surface area contributed by atoms with Gasteiger partial charge in [-0.2, -0.15) is 20.4 Å². The SMILES string of the molecule is CC[N+](O)(O)[N]c1ncnc(Cl)n1. The highest BCUT2D eigenvalue weighted by atomic mass is 35.5. The van der Waals surface area contributed by atoms with Gasteiger partial charge in [-0.1, -0.05) is 0 Å². The Kier molecular flexibility index (Phi) is 2.94. The lowest BCUT2D eigenvalue weighted by Crippen LogP contribution is -2.46. The van der Waals surface area contributed by atoms with Crippen LogP contribution in [0.2, 0.25) is 5.28 Å². The van der Waals surface area contributed by atoms with Gasteiger partial charge in [0.25, 0.3) is 0 Å². The van der Waals surface area contributed by atoms with Crippen molar-refractivity contribution < 1.29 is 15.3 Å². The molecule has 0 fully saturated rings. The van der Waals surface area contributed by atoms with E-state index < -0.39 is 4.92 Å². The molecule has 0 aromatic carbocycles. The van der Waals surface area contributed by atoms with Crippen molar-refractivity contribution in [3.63, 3.8) is 0 Å². The third-order valence-corrected chi connectivity index (χ3v) is 1.39. The van der Waals surface area contributed by atoms with Crippen LogP contribution < -0.4 is 5.43 Å². The molecule has 0 aliphatic rings. The highest BCUT2D eigenvalue weighted by Crippen LogP contribution is 2.05. The Balaban J connectivity index is 2.74. The Morgan fingerprint density at radius 2 is 2.23 bits per heavy atom. The minimum Gasteiger partial charge on any atom is -0.206 e. The summed E-state index contributed by atoms with van der Waals surface area (Å²) in [5, 5.41) is 18.0. The van der Waals surface area contributed by atoms with Gasteiger partial charge < -0.3 is 0 Å². The van der Waals surface area contributed by atoms with Crippen molar-refractivity contribution in [3.8, 4) is 0 Å². The molecule has 1 heterocycles. The van der Waals surface area contributed by atoms with Crippen LogP contribution in [0.3, 0.4) is 0 Å². The monoisotopic (exact) mass is 205 g/mol. The second-order valence-electron chi connectivity index (χ2n) is 2.16. The zero-order chi connectivity index (χ0) is 9.90. The van der Waals surface area contributed by atoms with Crippen LogP contribution in [0, 0.1) is 0 Å². The fourth-order valence-corrected chi connectivity index (χ4v) is 0.650. The van der Waals surface area contributed by atoms with Crippen LogP contribution in [0.4, 0.5) is 5.95 Å². The molecule has 1 radical (unpaired) electrons. The number of aromatic nitrogens is 3. The quantitative estimate of drug-likeness (QED) is 0.547. The van der Waals surface area contributed by atoms with Gasteiger partial charge in [0.15, 0.2) is 6.54 Å². The fourth-order valence-electron chi connectivity index (χ4n) is 0.531. The number of halogens is 1. The topological polar surface area (TPSA) is 93.2 Å². The van der Waals surface area contributed by atoms with Gasteiger partial charge in [0.05, 0.1) is 4.92 Å². The standard InChI is InChI=1S/C5H8ClN5O2/c1-2-11(12,13)10-5-8-3-7-4(6)9-5/h3,12-13H,2H2,1H3/q+1. The van der Waals surface area contributed by atoms with Crippen molar-refractivity contribution >= 4 is 17.5 Å². The van der Waals surface area contributed by atoms with Gasteiger partial charge in [-0.25, -0.2) is 4.98 Å². The van der Waals surface area contributed by atoms with Crippen LogP contribution in [0.1, 0.15) is 6.92 Å². The van der Waals surface area contributed by atoms with Gasteiger partial charge in [0.2, 0.25) is 5.28 Å². The number of nitrogens with zero attached hydrogens (tertiary/aromatic N) is 5. The zero-order valence-electron chi connectivity index (χ0n) is 6.79. The largest absolute Gasteiger partial charge is 0.314 e. The molecule has 0 amide bonds. The Bertz CT molecular complexity index is 294. The Labute approximate surface area is 79.1 Å². The minimum atomic E-state index is -1.53. The van der Waals surface area contributed by atoms with Crippen LogP contribution in [0.5, 0.6) is 0 Å². The Hall–Kier alpha value is -1.02. The van der Waals surface area contributed by atoms with Crippen molar-refractivity contribution in [3.05, 3.63) is 11.6 Å². The first-order chi connectivity index (χ1) is 6.03. The average molecular weight is 206 g/mol. The van der Waals surface area contributed by atoms with Crippen molar-refractivity contribution in [2.24, 2.45) is 0 Å². The highest BCUT2D eigenvalue weighted by Gasteiger charge is 2.25. The van der Waals surface area contributed by atoms with Gasteiger partial charge in [0, 0.05) is 5.43 Å². The second-order valence-corrected chi connectivity index (χ2v) is 2.50. The molecule has 0 aliphatic carbocycles. The summed E-state index contributed by atoms with van der Waals surface area (Å²) in [6.07, 6.45) is 1.13. The fraction of sp³-hybridized carbons (Fsp3) is 0.400.